The lowest BCUT2D eigenvalue weighted by Gasteiger charge is -2.12. The maximum absolute atomic E-state index is 12.0. The van der Waals surface area contributed by atoms with Crippen LogP contribution in [0.2, 0.25) is 0 Å². The minimum atomic E-state index is -0.854. The summed E-state index contributed by atoms with van der Waals surface area (Å²) < 4.78 is 11.2. The van der Waals surface area contributed by atoms with Gasteiger partial charge in [-0.15, -0.1) is 0 Å². The molecule has 0 aliphatic rings. The first-order valence-corrected chi connectivity index (χ1v) is 7.51. The molecule has 0 saturated heterocycles. The molecule has 0 spiro atoms. The lowest BCUT2D eigenvalue weighted by molar-refractivity contribution is 0.0953. The minimum Gasteiger partial charge on any atom is -0.398 e. The number of aryl methyl sites for hydroxylation is 1. The van der Waals surface area contributed by atoms with Crippen LogP contribution < -0.4 is 11.1 Å². The Hall–Kier alpha value is -1.36. The number of amides is 1. The molecule has 2 unspecified atom stereocenters. The first kappa shape index (κ1) is 14.7. The molecule has 0 radical (unpaired) electrons. The van der Waals surface area contributed by atoms with Crippen LogP contribution in [0.5, 0.6) is 0 Å². The van der Waals surface area contributed by atoms with Gasteiger partial charge < -0.3 is 11.1 Å². The fourth-order valence-electron chi connectivity index (χ4n) is 1.64. The first-order chi connectivity index (χ1) is 8.43. The molecule has 1 aromatic carbocycles. The van der Waals surface area contributed by atoms with Crippen molar-refractivity contribution >= 4 is 22.4 Å². The van der Waals surface area contributed by atoms with Gasteiger partial charge in [-0.3, -0.25) is 9.00 Å². The normalized spacial score (nSPS) is 13.9. The highest BCUT2D eigenvalue weighted by molar-refractivity contribution is 7.84. The van der Waals surface area contributed by atoms with Gasteiger partial charge in [0.25, 0.3) is 5.91 Å². The molecular weight excluding hydrogens is 248 g/mol. The van der Waals surface area contributed by atoms with Crippen LogP contribution in [-0.4, -0.2) is 28.2 Å². The Balaban J connectivity index is 2.59. The summed E-state index contributed by atoms with van der Waals surface area (Å²) in [5.74, 6) is -0.167. The predicted molar refractivity (Wildman–Crippen MR) is 76.1 cm³/mol. The number of nitrogens with two attached hydrogens (primary N) is 1. The smallest absolute Gasteiger partial charge is 0.253 e. The summed E-state index contributed by atoms with van der Waals surface area (Å²) in [7, 11) is -0.854. The molecule has 2 atom stereocenters. The van der Waals surface area contributed by atoms with Crippen LogP contribution in [0.15, 0.2) is 18.2 Å². The molecule has 0 aliphatic heterocycles. The molecule has 1 aromatic rings. The van der Waals surface area contributed by atoms with Gasteiger partial charge in [-0.25, -0.2) is 0 Å². The van der Waals surface area contributed by atoms with E-state index in [9.17, 15) is 9.00 Å². The Kier molecular flexibility index (Phi) is 5.34. The third-order valence-electron chi connectivity index (χ3n) is 2.94. The Morgan fingerprint density at radius 1 is 1.50 bits per heavy atom. The van der Waals surface area contributed by atoms with Crippen molar-refractivity contribution in [2.75, 3.05) is 18.5 Å². The van der Waals surface area contributed by atoms with E-state index >= 15 is 0 Å². The highest BCUT2D eigenvalue weighted by Crippen LogP contribution is 2.15. The molecule has 0 heterocycles. The molecule has 0 aliphatic carbocycles. The van der Waals surface area contributed by atoms with Crippen LogP contribution in [-0.2, 0) is 10.8 Å². The average Bonchev–Trinajstić information content (AvgIpc) is 2.28. The van der Waals surface area contributed by atoms with Gasteiger partial charge in [0.2, 0.25) is 0 Å². The highest BCUT2D eigenvalue weighted by Gasteiger charge is 2.13. The molecule has 0 saturated carbocycles. The standard InChI is InChI=1S/C13H20N2O2S/c1-9-5-4-6-11(14)12(9)13(16)15-8-7-10(2)18(3)17/h4-6,10H,7-8,14H2,1-3H3,(H,15,16). The number of hydrogen-bond donors (Lipinski definition) is 2. The lowest BCUT2D eigenvalue weighted by atomic mass is 10.1. The van der Waals surface area contributed by atoms with Crippen molar-refractivity contribution in [2.45, 2.75) is 25.5 Å². The van der Waals surface area contributed by atoms with E-state index < -0.39 is 10.8 Å². The summed E-state index contributed by atoms with van der Waals surface area (Å²) in [5.41, 5.74) is 7.67. The number of anilines is 1. The van der Waals surface area contributed by atoms with E-state index in [1.54, 1.807) is 12.3 Å². The fraction of sp³-hybridized carbons (Fsp3) is 0.462. The zero-order chi connectivity index (χ0) is 13.7. The molecule has 5 heteroatoms. The van der Waals surface area contributed by atoms with Gasteiger partial charge in [-0.1, -0.05) is 19.1 Å². The summed E-state index contributed by atoms with van der Waals surface area (Å²) in [6.07, 6.45) is 2.37. The van der Waals surface area contributed by atoms with Gasteiger partial charge in [-0.2, -0.15) is 0 Å². The van der Waals surface area contributed by atoms with E-state index in [2.05, 4.69) is 5.32 Å². The van der Waals surface area contributed by atoms with Crippen LogP contribution in [0, 0.1) is 6.92 Å². The summed E-state index contributed by atoms with van der Waals surface area (Å²) in [4.78, 5) is 12.0. The summed E-state index contributed by atoms with van der Waals surface area (Å²) >= 11 is 0. The maximum Gasteiger partial charge on any atom is 0.253 e. The number of nitrogen functional groups attached to an aromatic ring is 1. The van der Waals surface area contributed by atoms with E-state index in [4.69, 9.17) is 5.73 Å². The number of carbonyl (C=O) groups is 1. The summed E-state index contributed by atoms with van der Waals surface area (Å²) in [6.45, 7) is 4.27. The Morgan fingerprint density at radius 2 is 2.17 bits per heavy atom. The molecule has 0 fully saturated rings. The van der Waals surface area contributed by atoms with Gasteiger partial charge in [0, 0.05) is 34.5 Å². The highest BCUT2D eigenvalue weighted by atomic mass is 32.2. The van der Waals surface area contributed by atoms with Crippen molar-refractivity contribution in [3.05, 3.63) is 29.3 Å². The molecule has 100 valence electrons. The molecule has 0 aromatic heterocycles. The van der Waals surface area contributed by atoms with Gasteiger partial charge >= 0.3 is 0 Å². The zero-order valence-corrected chi connectivity index (χ0v) is 11.8. The third-order valence-corrected chi connectivity index (χ3v) is 4.30. The van der Waals surface area contributed by atoms with Crippen molar-refractivity contribution in [1.29, 1.82) is 0 Å². The largest absolute Gasteiger partial charge is 0.398 e. The van der Waals surface area contributed by atoms with Crippen molar-refractivity contribution in [1.82, 2.24) is 5.32 Å². The van der Waals surface area contributed by atoms with E-state index in [0.717, 1.165) is 5.56 Å². The molecular formula is C13H20N2O2S. The Bertz CT molecular complexity index is 440. The molecule has 4 nitrogen and oxygen atoms in total. The van der Waals surface area contributed by atoms with E-state index in [1.807, 2.05) is 26.0 Å². The van der Waals surface area contributed by atoms with Gasteiger partial charge in [0.15, 0.2) is 0 Å². The quantitative estimate of drug-likeness (QED) is 0.794. The summed E-state index contributed by atoms with van der Waals surface area (Å²) in [5, 5.41) is 2.90. The molecule has 3 N–H and O–H groups in total. The van der Waals surface area contributed by atoms with Gasteiger partial charge in [-0.05, 0) is 25.0 Å². The van der Waals surface area contributed by atoms with Crippen LogP contribution in [0.3, 0.4) is 0 Å². The number of carbonyl (C=O) groups excluding carboxylic acids is 1. The van der Waals surface area contributed by atoms with Crippen LogP contribution >= 0.6 is 0 Å². The predicted octanol–water partition coefficient (Wildman–Crippen LogP) is 1.46. The third kappa shape index (κ3) is 3.84. The average molecular weight is 268 g/mol. The van der Waals surface area contributed by atoms with Crippen LogP contribution in [0.25, 0.3) is 0 Å². The van der Waals surface area contributed by atoms with Crippen molar-refractivity contribution in [2.24, 2.45) is 0 Å². The van der Waals surface area contributed by atoms with Crippen molar-refractivity contribution < 1.29 is 9.00 Å². The van der Waals surface area contributed by atoms with Crippen LogP contribution in [0.4, 0.5) is 5.69 Å². The molecule has 0 bridgehead atoms. The van der Waals surface area contributed by atoms with E-state index in [1.165, 1.54) is 0 Å². The maximum atomic E-state index is 12.0. The van der Waals surface area contributed by atoms with Crippen LogP contribution in [0.1, 0.15) is 29.3 Å². The second-order valence-electron chi connectivity index (χ2n) is 4.39. The number of benzene rings is 1. The zero-order valence-electron chi connectivity index (χ0n) is 11.0. The summed E-state index contributed by atoms with van der Waals surface area (Å²) in [6, 6.07) is 5.39. The second kappa shape index (κ2) is 6.54. The number of hydrogen-bond acceptors (Lipinski definition) is 3. The topological polar surface area (TPSA) is 72.2 Å². The first-order valence-electron chi connectivity index (χ1n) is 5.89. The second-order valence-corrected chi connectivity index (χ2v) is 6.19. The van der Waals surface area contributed by atoms with E-state index in [0.29, 0.717) is 24.2 Å². The molecule has 1 rings (SSSR count). The molecule has 1 amide bonds. The van der Waals surface area contributed by atoms with Crippen molar-refractivity contribution in [3.63, 3.8) is 0 Å². The monoisotopic (exact) mass is 268 g/mol. The van der Waals surface area contributed by atoms with Gasteiger partial charge in [0.05, 0.1) is 5.56 Å². The fourth-order valence-corrected chi connectivity index (χ4v) is 2.09. The Labute approximate surface area is 110 Å². The van der Waals surface area contributed by atoms with Crippen molar-refractivity contribution in [3.8, 4) is 0 Å². The minimum absolute atomic E-state index is 0.0829. The number of nitrogens with one attached hydrogen (secondary N) is 1. The van der Waals surface area contributed by atoms with E-state index in [-0.39, 0.29) is 11.2 Å². The SMILES string of the molecule is Cc1cccc(N)c1C(=O)NCCC(C)S(C)=O. The molecule has 18 heavy (non-hydrogen) atoms. The Morgan fingerprint density at radius 3 is 2.72 bits per heavy atom. The number of rotatable bonds is 5. The van der Waals surface area contributed by atoms with Gasteiger partial charge in [0.1, 0.15) is 0 Å². The lowest BCUT2D eigenvalue weighted by Crippen LogP contribution is -2.28.